The van der Waals surface area contributed by atoms with E-state index < -0.39 is 0 Å². The molecule has 4 heteroatoms. The fourth-order valence-electron chi connectivity index (χ4n) is 1.61. The first kappa shape index (κ1) is 8.84. The minimum atomic E-state index is 0.190. The number of carbonyl (C=O) groups is 1. The van der Waals surface area contributed by atoms with E-state index in [0.29, 0.717) is 18.0 Å². The van der Waals surface area contributed by atoms with Gasteiger partial charge in [0.15, 0.2) is 5.78 Å². The Morgan fingerprint density at radius 3 is 3.31 bits per heavy atom. The van der Waals surface area contributed by atoms with Crippen molar-refractivity contribution < 1.29 is 4.79 Å². The van der Waals surface area contributed by atoms with E-state index in [4.69, 9.17) is 0 Å². The third kappa shape index (κ3) is 2.14. The molecule has 1 atom stereocenters. The molecule has 1 aliphatic rings. The Morgan fingerprint density at radius 1 is 1.77 bits per heavy atom. The van der Waals surface area contributed by atoms with Gasteiger partial charge in [-0.15, -0.1) is 0 Å². The lowest BCUT2D eigenvalue weighted by Gasteiger charge is -2.04. The molecule has 0 amide bonds. The van der Waals surface area contributed by atoms with Crippen LogP contribution >= 0.6 is 11.5 Å². The van der Waals surface area contributed by atoms with E-state index in [0.717, 1.165) is 19.5 Å². The van der Waals surface area contributed by atoms with Gasteiger partial charge < -0.3 is 5.32 Å². The number of hydrogen-bond donors (Lipinski definition) is 1. The van der Waals surface area contributed by atoms with Crippen molar-refractivity contribution in [3.8, 4) is 0 Å². The fourth-order valence-corrected chi connectivity index (χ4v) is 2.14. The summed E-state index contributed by atoms with van der Waals surface area (Å²) in [5, 5.41) is 5.10. The van der Waals surface area contributed by atoms with E-state index in [1.807, 2.05) is 5.38 Å². The van der Waals surface area contributed by atoms with E-state index >= 15 is 0 Å². The first-order chi connectivity index (χ1) is 6.36. The fraction of sp³-hybridized carbons (Fsp3) is 0.556. The molecule has 2 rings (SSSR count). The summed E-state index contributed by atoms with van der Waals surface area (Å²) in [4.78, 5) is 11.6. The first-order valence-corrected chi connectivity index (χ1v) is 5.34. The molecule has 2 heterocycles. The summed E-state index contributed by atoms with van der Waals surface area (Å²) in [5.41, 5.74) is 0.636. The van der Waals surface area contributed by atoms with Gasteiger partial charge in [0, 0.05) is 11.8 Å². The molecule has 0 aliphatic carbocycles. The van der Waals surface area contributed by atoms with Crippen LogP contribution in [0.2, 0.25) is 0 Å². The van der Waals surface area contributed by atoms with Gasteiger partial charge in [-0.25, -0.2) is 0 Å². The Balaban J connectivity index is 1.91. The molecule has 0 saturated carbocycles. The molecule has 3 nitrogen and oxygen atoms in total. The van der Waals surface area contributed by atoms with Gasteiger partial charge in [-0.2, -0.15) is 4.37 Å². The minimum Gasteiger partial charge on any atom is -0.316 e. The van der Waals surface area contributed by atoms with Crippen LogP contribution in [-0.4, -0.2) is 23.2 Å². The molecule has 1 unspecified atom stereocenters. The standard InChI is InChI=1S/C9H12N2OS/c12-9(8-2-4-13-11-8)5-7-1-3-10-6-7/h2,4,7,10H,1,3,5-6H2. The number of nitrogens with zero attached hydrogens (tertiary/aromatic N) is 1. The summed E-state index contributed by atoms with van der Waals surface area (Å²) in [6.07, 6.45) is 1.77. The zero-order chi connectivity index (χ0) is 9.10. The molecule has 0 spiro atoms. The number of ketones is 1. The van der Waals surface area contributed by atoms with E-state index in [2.05, 4.69) is 9.69 Å². The Kier molecular flexibility index (Phi) is 2.71. The van der Waals surface area contributed by atoms with Crippen LogP contribution in [0.3, 0.4) is 0 Å². The zero-order valence-corrected chi connectivity index (χ0v) is 8.14. The number of hydrogen-bond acceptors (Lipinski definition) is 4. The molecule has 0 radical (unpaired) electrons. The summed E-state index contributed by atoms with van der Waals surface area (Å²) < 4.78 is 4.03. The predicted molar refractivity (Wildman–Crippen MR) is 52.0 cm³/mol. The average molecular weight is 196 g/mol. The van der Waals surface area contributed by atoms with Crippen LogP contribution in [0.15, 0.2) is 11.4 Å². The number of carbonyl (C=O) groups excluding carboxylic acids is 1. The lowest BCUT2D eigenvalue weighted by atomic mass is 10.0. The van der Waals surface area contributed by atoms with Crippen LogP contribution in [-0.2, 0) is 0 Å². The molecule has 1 fully saturated rings. The molecule has 1 saturated heterocycles. The van der Waals surface area contributed by atoms with Crippen molar-refractivity contribution in [2.75, 3.05) is 13.1 Å². The van der Waals surface area contributed by atoms with E-state index in [9.17, 15) is 4.79 Å². The summed E-state index contributed by atoms with van der Waals surface area (Å²) in [6.45, 7) is 2.03. The van der Waals surface area contributed by atoms with Crippen LogP contribution in [0.5, 0.6) is 0 Å². The maximum Gasteiger partial charge on any atom is 0.182 e. The molecule has 1 aromatic rings. The third-order valence-electron chi connectivity index (χ3n) is 2.36. The Morgan fingerprint density at radius 2 is 2.69 bits per heavy atom. The summed E-state index contributed by atoms with van der Waals surface area (Å²) in [5.74, 6) is 0.712. The van der Waals surface area contributed by atoms with E-state index in [-0.39, 0.29) is 5.78 Å². The van der Waals surface area contributed by atoms with Gasteiger partial charge in [0.2, 0.25) is 0 Å². The third-order valence-corrected chi connectivity index (χ3v) is 2.92. The summed E-state index contributed by atoms with van der Waals surface area (Å²) in [7, 11) is 0. The van der Waals surface area contributed by atoms with Crippen molar-refractivity contribution in [1.82, 2.24) is 9.69 Å². The Labute approximate surface area is 81.3 Å². The number of nitrogens with one attached hydrogen (secondary N) is 1. The van der Waals surface area contributed by atoms with Crippen molar-refractivity contribution in [3.63, 3.8) is 0 Å². The monoisotopic (exact) mass is 196 g/mol. The largest absolute Gasteiger partial charge is 0.316 e. The van der Waals surface area contributed by atoms with Gasteiger partial charge in [0.1, 0.15) is 5.69 Å². The molecule has 1 aliphatic heterocycles. The van der Waals surface area contributed by atoms with Gasteiger partial charge in [-0.1, -0.05) is 0 Å². The quantitative estimate of drug-likeness (QED) is 0.741. The van der Waals surface area contributed by atoms with Crippen LogP contribution in [0.25, 0.3) is 0 Å². The summed E-state index contributed by atoms with van der Waals surface area (Å²) >= 11 is 1.34. The maximum absolute atomic E-state index is 11.6. The van der Waals surface area contributed by atoms with Crippen molar-refractivity contribution in [3.05, 3.63) is 17.1 Å². The lowest BCUT2D eigenvalue weighted by molar-refractivity contribution is 0.0961. The maximum atomic E-state index is 11.6. The zero-order valence-electron chi connectivity index (χ0n) is 7.32. The highest BCUT2D eigenvalue weighted by atomic mass is 32.1. The molecule has 1 N–H and O–H groups in total. The molecule has 0 aromatic carbocycles. The van der Waals surface area contributed by atoms with Gasteiger partial charge in [-0.05, 0) is 43.0 Å². The Bertz CT molecular complexity index is 278. The van der Waals surface area contributed by atoms with Crippen molar-refractivity contribution >= 4 is 17.3 Å². The second-order valence-electron chi connectivity index (χ2n) is 3.37. The number of rotatable bonds is 3. The smallest absolute Gasteiger partial charge is 0.182 e. The molecular weight excluding hydrogens is 184 g/mol. The second-order valence-corrected chi connectivity index (χ2v) is 4.04. The van der Waals surface area contributed by atoms with Gasteiger partial charge in [0.25, 0.3) is 0 Å². The first-order valence-electron chi connectivity index (χ1n) is 4.50. The number of aromatic nitrogens is 1. The molecule has 13 heavy (non-hydrogen) atoms. The van der Waals surface area contributed by atoms with Gasteiger partial charge in [-0.3, -0.25) is 4.79 Å². The van der Waals surface area contributed by atoms with Crippen molar-refractivity contribution in [1.29, 1.82) is 0 Å². The lowest BCUT2D eigenvalue weighted by Crippen LogP contribution is -2.12. The predicted octanol–water partition coefficient (Wildman–Crippen LogP) is 1.33. The number of Topliss-reactive ketones (excluding diaryl/α,β-unsaturated/α-hetero) is 1. The molecule has 70 valence electrons. The molecular formula is C9H12N2OS. The van der Waals surface area contributed by atoms with Gasteiger partial charge >= 0.3 is 0 Å². The van der Waals surface area contributed by atoms with Crippen LogP contribution in [0.4, 0.5) is 0 Å². The van der Waals surface area contributed by atoms with Crippen molar-refractivity contribution in [2.45, 2.75) is 12.8 Å². The average Bonchev–Trinajstić information content (AvgIpc) is 2.74. The van der Waals surface area contributed by atoms with Gasteiger partial charge in [0.05, 0.1) is 0 Å². The topological polar surface area (TPSA) is 42.0 Å². The Hall–Kier alpha value is -0.740. The highest BCUT2D eigenvalue weighted by Gasteiger charge is 2.19. The minimum absolute atomic E-state index is 0.190. The van der Waals surface area contributed by atoms with E-state index in [1.54, 1.807) is 6.07 Å². The summed E-state index contributed by atoms with van der Waals surface area (Å²) in [6, 6.07) is 1.80. The van der Waals surface area contributed by atoms with Crippen LogP contribution < -0.4 is 5.32 Å². The van der Waals surface area contributed by atoms with Crippen molar-refractivity contribution in [2.24, 2.45) is 5.92 Å². The molecule has 1 aromatic heterocycles. The van der Waals surface area contributed by atoms with Crippen LogP contribution in [0.1, 0.15) is 23.3 Å². The van der Waals surface area contributed by atoms with E-state index in [1.165, 1.54) is 11.5 Å². The SMILES string of the molecule is O=C(CC1CCNC1)c1ccsn1. The highest BCUT2D eigenvalue weighted by molar-refractivity contribution is 7.03. The van der Waals surface area contributed by atoms with Crippen LogP contribution in [0, 0.1) is 5.92 Å². The molecule has 0 bridgehead atoms. The highest BCUT2D eigenvalue weighted by Crippen LogP contribution is 2.15. The normalized spacial score (nSPS) is 22.0. The second kappa shape index (κ2) is 3.98.